The van der Waals surface area contributed by atoms with E-state index in [9.17, 15) is 4.79 Å². The fraction of sp³-hybridized carbons (Fsp3) is 0.200. The third-order valence-electron chi connectivity index (χ3n) is 4.89. The molecule has 1 aromatic carbocycles. The van der Waals surface area contributed by atoms with Gasteiger partial charge in [0.15, 0.2) is 0 Å². The number of thiophene rings is 1. The van der Waals surface area contributed by atoms with Crippen molar-refractivity contribution in [1.29, 1.82) is 0 Å². The van der Waals surface area contributed by atoms with Gasteiger partial charge < -0.3 is 10.2 Å². The molecule has 8 heteroatoms. The molecule has 0 unspecified atom stereocenters. The Hall–Kier alpha value is -2.84. The molecule has 5 rings (SSSR count). The lowest BCUT2D eigenvalue weighted by Crippen LogP contribution is -2.32. The van der Waals surface area contributed by atoms with E-state index < -0.39 is 0 Å². The lowest BCUT2D eigenvalue weighted by molar-refractivity contribution is -0.128. The zero-order valence-electron chi connectivity index (χ0n) is 15.2. The number of benzene rings is 1. The molecule has 0 saturated carbocycles. The molecule has 3 aromatic heterocycles. The van der Waals surface area contributed by atoms with Crippen molar-refractivity contribution in [3.8, 4) is 0 Å². The Morgan fingerprint density at radius 2 is 2.14 bits per heavy atom. The summed E-state index contributed by atoms with van der Waals surface area (Å²) >= 11 is 3.29. The van der Waals surface area contributed by atoms with Crippen molar-refractivity contribution in [1.82, 2.24) is 19.9 Å². The molecule has 28 heavy (non-hydrogen) atoms. The number of thiazole rings is 1. The smallest absolute Gasteiger partial charge is 0.219 e. The molecule has 140 valence electrons. The highest BCUT2D eigenvalue weighted by Crippen LogP contribution is 2.36. The van der Waals surface area contributed by atoms with Crippen LogP contribution in [0.5, 0.6) is 0 Å². The molecule has 1 amide bonds. The van der Waals surface area contributed by atoms with Crippen LogP contribution in [0.2, 0.25) is 0 Å². The van der Waals surface area contributed by atoms with Crippen LogP contribution in [0.3, 0.4) is 0 Å². The SMILES string of the molecule is CC(=O)N1CC=C(c2cc3c(Nc4ccc5ncsc5c4)ncnc3s2)CC1. The van der Waals surface area contributed by atoms with E-state index >= 15 is 0 Å². The van der Waals surface area contributed by atoms with Crippen LogP contribution in [0.15, 0.2) is 42.2 Å². The molecule has 0 fully saturated rings. The Morgan fingerprint density at radius 3 is 2.96 bits per heavy atom. The Balaban J connectivity index is 1.46. The lowest BCUT2D eigenvalue weighted by Gasteiger charge is -2.24. The summed E-state index contributed by atoms with van der Waals surface area (Å²) in [7, 11) is 0. The highest BCUT2D eigenvalue weighted by Gasteiger charge is 2.17. The Morgan fingerprint density at radius 1 is 1.21 bits per heavy atom. The van der Waals surface area contributed by atoms with Gasteiger partial charge in [-0.25, -0.2) is 15.0 Å². The first kappa shape index (κ1) is 17.3. The standard InChI is InChI=1S/C20H17N5OS2/c1-12(26)25-6-4-13(5-7-25)17-9-15-19(21-10-22-20(15)28-17)24-14-2-3-16-18(8-14)27-11-23-16/h2-4,8-11H,5-7H2,1H3,(H,21,22,24). The molecule has 4 aromatic rings. The molecule has 6 nitrogen and oxygen atoms in total. The largest absolute Gasteiger partial charge is 0.340 e. The number of fused-ring (bicyclic) bond motifs is 2. The summed E-state index contributed by atoms with van der Waals surface area (Å²) in [5, 5.41) is 4.44. The third kappa shape index (κ3) is 3.14. The number of hydrogen-bond acceptors (Lipinski definition) is 7. The average molecular weight is 408 g/mol. The predicted molar refractivity (Wildman–Crippen MR) is 115 cm³/mol. The van der Waals surface area contributed by atoms with Crippen molar-refractivity contribution in [3.05, 3.63) is 47.1 Å². The van der Waals surface area contributed by atoms with Crippen molar-refractivity contribution >= 4 is 66.1 Å². The quantitative estimate of drug-likeness (QED) is 0.534. The van der Waals surface area contributed by atoms with Gasteiger partial charge in [-0.05, 0) is 36.3 Å². The molecule has 0 aliphatic carbocycles. The van der Waals surface area contributed by atoms with Gasteiger partial charge in [0.05, 0.1) is 21.1 Å². The van der Waals surface area contributed by atoms with Crippen LogP contribution in [-0.4, -0.2) is 38.8 Å². The average Bonchev–Trinajstić information content (AvgIpc) is 3.35. The maximum atomic E-state index is 11.5. The fourth-order valence-electron chi connectivity index (χ4n) is 3.36. The highest BCUT2D eigenvalue weighted by molar-refractivity contribution is 7.19. The van der Waals surface area contributed by atoms with Gasteiger partial charge in [-0.3, -0.25) is 4.79 Å². The second-order valence-corrected chi connectivity index (χ2v) is 8.57. The van der Waals surface area contributed by atoms with Crippen molar-refractivity contribution in [3.63, 3.8) is 0 Å². The molecular formula is C20H17N5OS2. The number of nitrogens with one attached hydrogen (secondary N) is 1. The zero-order chi connectivity index (χ0) is 19.1. The number of nitrogens with zero attached hydrogens (tertiary/aromatic N) is 4. The minimum Gasteiger partial charge on any atom is -0.340 e. The third-order valence-corrected chi connectivity index (χ3v) is 6.80. The van der Waals surface area contributed by atoms with E-state index in [1.165, 1.54) is 10.5 Å². The van der Waals surface area contributed by atoms with E-state index in [2.05, 4.69) is 38.5 Å². The first-order valence-electron chi connectivity index (χ1n) is 8.97. The van der Waals surface area contributed by atoms with E-state index in [-0.39, 0.29) is 5.91 Å². The topological polar surface area (TPSA) is 71.0 Å². The number of anilines is 2. The zero-order valence-corrected chi connectivity index (χ0v) is 16.8. The normalized spacial score (nSPS) is 14.5. The summed E-state index contributed by atoms with van der Waals surface area (Å²) in [6.07, 6.45) is 4.61. The summed E-state index contributed by atoms with van der Waals surface area (Å²) in [5.41, 5.74) is 5.12. The van der Waals surface area contributed by atoms with E-state index in [1.54, 1.807) is 35.9 Å². The first-order valence-corrected chi connectivity index (χ1v) is 10.7. The number of aromatic nitrogens is 3. The van der Waals surface area contributed by atoms with E-state index in [4.69, 9.17) is 0 Å². The fourth-order valence-corrected chi connectivity index (χ4v) is 5.15. The van der Waals surface area contributed by atoms with Crippen molar-refractivity contribution in [2.75, 3.05) is 18.4 Å². The Labute approximate surface area is 169 Å². The van der Waals surface area contributed by atoms with Crippen molar-refractivity contribution in [2.45, 2.75) is 13.3 Å². The molecular weight excluding hydrogens is 390 g/mol. The van der Waals surface area contributed by atoms with Crippen molar-refractivity contribution < 1.29 is 4.79 Å². The van der Waals surface area contributed by atoms with Gasteiger partial charge in [0.2, 0.25) is 5.91 Å². The molecule has 0 spiro atoms. The second-order valence-electron chi connectivity index (χ2n) is 6.66. The summed E-state index contributed by atoms with van der Waals surface area (Å²) in [4.78, 5) is 28.8. The maximum absolute atomic E-state index is 11.5. The van der Waals surface area contributed by atoms with E-state index in [1.807, 2.05) is 22.5 Å². The summed E-state index contributed by atoms with van der Waals surface area (Å²) in [6.45, 7) is 3.06. The van der Waals surface area contributed by atoms with Gasteiger partial charge in [0.1, 0.15) is 17.0 Å². The van der Waals surface area contributed by atoms with Gasteiger partial charge in [-0.15, -0.1) is 22.7 Å². The number of hydrogen-bond donors (Lipinski definition) is 1. The van der Waals surface area contributed by atoms with Crippen LogP contribution in [0.1, 0.15) is 18.2 Å². The monoisotopic (exact) mass is 407 g/mol. The molecule has 1 N–H and O–H groups in total. The van der Waals surface area contributed by atoms with E-state index in [0.717, 1.165) is 44.9 Å². The summed E-state index contributed by atoms with van der Waals surface area (Å²) < 4.78 is 1.14. The van der Waals surface area contributed by atoms with Gasteiger partial charge >= 0.3 is 0 Å². The van der Waals surface area contributed by atoms with Crippen LogP contribution in [0, 0.1) is 0 Å². The molecule has 4 heterocycles. The van der Waals surface area contributed by atoms with Crippen LogP contribution in [0.25, 0.3) is 26.0 Å². The molecule has 0 atom stereocenters. The number of amides is 1. The molecule has 0 radical (unpaired) electrons. The van der Waals surface area contributed by atoms with Gasteiger partial charge in [0.25, 0.3) is 0 Å². The molecule has 1 aliphatic heterocycles. The Kier molecular flexibility index (Phi) is 4.29. The number of carbonyl (C=O) groups is 1. The van der Waals surface area contributed by atoms with Gasteiger partial charge in [-0.2, -0.15) is 0 Å². The number of carbonyl (C=O) groups excluding carboxylic acids is 1. The second kappa shape index (κ2) is 6.96. The van der Waals surface area contributed by atoms with Gasteiger partial charge in [-0.1, -0.05) is 6.08 Å². The minimum atomic E-state index is 0.127. The van der Waals surface area contributed by atoms with Crippen LogP contribution >= 0.6 is 22.7 Å². The van der Waals surface area contributed by atoms with Crippen LogP contribution in [0.4, 0.5) is 11.5 Å². The van der Waals surface area contributed by atoms with Gasteiger partial charge in [0, 0.05) is 30.6 Å². The highest BCUT2D eigenvalue weighted by atomic mass is 32.1. The van der Waals surface area contributed by atoms with Crippen LogP contribution in [-0.2, 0) is 4.79 Å². The Bertz CT molecular complexity index is 1230. The molecule has 0 bridgehead atoms. The molecule has 0 saturated heterocycles. The van der Waals surface area contributed by atoms with Crippen molar-refractivity contribution in [2.24, 2.45) is 0 Å². The van der Waals surface area contributed by atoms with Crippen LogP contribution < -0.4 is 5.32 Å². The minimum absolute atomic E-state index is 0.127. The molecule has 1 aliphatic rings. The first-order chi connectivity index (χ1) is 13.7. The summed E-state index contributed by atoms with van der Waals surface area (Å²) in [5.74, 6) is 0.931. The maximum Gasteiger partial charge on any atom is 0.219 e. The lowest BCUT2D eigenvalue weighted by atomic mass is 10.1. The summed E-state index contributed by atoms with van der Waals surface area (Å²) in [6, 6.07) is 8.28. The predicted octanol–water partition coefficient (Wildman–Crippen LogP) is 4.68. The number of rotatable bonds is 3. The van der Waals surface area contributed by atoms with E-state index in [0.29, 0.717) is 6.54 Å².